The van der Waals surface area contributed by atoms with Crippen LogP contribution in [0.2, 0.25) is 0 Å². The number of hydrogen-bond acceptors (Lipinski definition) is 3. The van der Waals surface area contributed by atoms with Crippen molar-refractivity contribution in [2.45, 2.75) is 13.1 Å². The second-order valence-corrected chi connectivity index (χ2v) is 4.27. The Morgan fingerprint density at radius 1 is 1.24 bits per heavy atom. The van der Waals surface area contributed by atoms with Crippen molar-refractivity contribution in [3.8, 4) is 0 Å². The zero-order valence-corrected chi connectivity index (χ0v) is 11.1. The van der Waals surface area contributed by atoms with E-state index in [-0.39, 0.29) is 5.56 Å². The first kappa shape index (κ1) is 16.7. The summed E-state index contributed by atoms with van der Waals surface area (Å²) in [4.78, 5) is 33.5. The molecule has 0 atom stereocenters. The van der Waals surface area contributed by atoms with Gasteiger partial charge in [-0.25, -0.2) is 0 Å². The molecule has 0 aliphatic carbocycles. The van der Waals surface area contributed by atoms with Gasteiger partial charge in [0, 0.05) is 11.1 Å². The van der Waals surface area contributed by atoms with E-state index in [0.29, 0.717) is 17.4 Å². The van der Waals surface area contributed by atoms with Gasteiger partial charge in [0.25, 0.3) is 5.91 Å². The van der Waals surface area contributed by atoms with E-state index in [1.165, 1.54) is 18.2 Å². The molecule has 2 N–H and O–H groups in total. The van der Waals surface area contributed by atoms with Crippen LogP contribution in [0, 0.1) is 6.92 Å². The molecule has 1 aromatic rings. The lowest BCUT2D eigenvalue weighted by Gasteiger charge is -2.10. The molecule has 0 radical (unpaired) electrons. The van der Waals surface area contributed by atoms with Gasteiger partial charge in [0.2, 0.25) is 5.91 Å². The zero-order chi connectivity index (χ0) is 16.0. The summed E-state index contributed by atoms with van der Waals surface area (Å²) in [6.07, 6.45) is -3.87. The standard InChI is InChI=1S/C13H13F3N2O3/c1-8-4-9(6-19)2-3-10(8)12(21)17-5-11(20)18-7-13(14,15)16/h2-4,6H,5,7H2,1H3,(H,17,21)(H,18,20). The molecule has 0 aliphatic rings. The minimum absolute atomic E-state index is 0.240. The van der Waals surface area contributed by atoms with Crippen LogP contribution in [0.4, 0.5) is 13.2 Å². The minimum Gasteiger partial charge on any atom is -0.345 e. The predicted octanol–water partition coefficient (Wildman–Crippen LogP) is 1.22. The van der Waals surface area contributed by atoms with Crippen LogP contribution >= 0.6 is 0 Å². The number of halogens is 3. The lowest BCUT2D eigenvalue weighted by atomic mass is 10.1. The topological polar surface area (TPSA) is 75.3 Å². The van der Waals surface area contributed by atoms with Crippen LogP contribution in [0.15, 0.2) is 18.2 Å². The number of rotatable bonds is 5. The Labute approximate surface area is 118 Å². The van der Waals surface area contributed by atoms with Crippen molar-refractivity contribution >= 4 is 18.1 Å². The average molecular weight is 302 g/mol. The maximum Gasteiger partial charge on any atom is 0.405 e. The highest BCUT2D eigenvalue weighted by atomic mass is 19.4. The molecular weight excluding hydrogens is 289 g/mol. The van der Waals surface area contributed by atoms with Crippen LogP contribution in [0.1, 0.15) is 26.3 Å². The van der Waals surface area contributed by atoms with Gasteiger partial charge in [0.05, 0.1) is 6.54 Å². The van der Waals surface area contributed by atoms with Gasteiger partial charge in [-0.3, -0.25) is 14.4 Å². The molecular formula is C13H13F3N2O3. The number of aldehydes is 1. The second kappa shape index (κ2) is 6.87. The number of alkyl halides is 3. The van der Waals surface area contributed by atoms with E-state index in [1.807, 2.05) is 0 Å². The summed E-state index contributed by atoms with van der Waals surface area (Å²) in [6, 6.07) is 4.33. The highest BCUT2D eigenvalue weighted by molar-refractivity contribution is 5.98. The van der Waals surface area contributed by atoms with E-state index in [0.717, 1.165) is 0 Å². The second-order valence-electron chi connectivity index (χ2n) is 4.27. The number of hydrogen-bond donors (Lipinski definition) is 2. The maximum absolute atomic E-state index is 11.9. The Morgan fingerprint density at radius 3 is 2.43 bits per heavy atom. The van der Waals surface area contributed by atoms with E-state index >= 15 is 0 Å². The monoisotopic (exact) mass is 302 g/mol. The third kappa shape index (κ3) is 5.64. The summed E-state index contributed by atoms with van der Waals surface area (Å²) >= 11 is 0. The molecule has 114 valence electrons. The fraction of sp³-hybridized carbons (Fsp3) is 0.308. The van der Waals surface area contributed by atoms with E-state index < -0.39 is 31.1 Å². The molecule has 0 spiro atoms. The highest BCUT2D eigenvalue weighted by Crippen LogP contribution is 2.12. The van der Waals surface area contributed by atoms with E-state index in [4.69, 9.17) is 0 Å². The van der Waals surface area contributed by atoms with Gasteiger partial charge >= 0.3 is 6.18 Å². The average Bonchev–Trinajstić information content (AvgIpc) is 2.41. The van der Waals surface area contributed by atoms with Gasteiger partial charge in [-0.15, -0.1) is 0 Å². The molecule has 0 aliphatic heterocycles. The fourth-order valence-electron chi connectivity index (χ4n) is 1.53. The lowest BCUT2D eigenvalue weighted by molar-refractivity contribution is -0.137. The summed E-state index contributed by atoms with van der Waals surface area (Å²) in [6.45, 7) is -0.413. The van der Waals surface area contributed by atoms with Crippen LogP contribution in [-0.4, -0.2) is 37.4 Å². The van der Waals surface area contributed by atoms with Crippen molar-refractivity contribution in [1.29, 1.82) is 0 Å². The van der Waals surface area contributed by atoms with Gasteiger partial charge in [-0.05, 0) is 24.6 Å². The largest absolute Gasteiger partial charge is 0.405 e. The summed E-state index contributed by atoms with van der Waals surface area (Å²) in [5.74, 6) is -1.55. The first-order chi connectivity index (χ1) is 9.73. The third-order valence-corrected chi connectivity index (χ3v) is 2.53. The quantitative estimate of drug-likeness (QED) is 0.803. The Hall–Kier alpha value is -2.38. The van der Waals surface area contributed by atoms with Crippen molar-refractivity contribution in [2.75, 3.05) is 13.1 Å². The van der Waals surface area contributed by atoms with Gasteiger partial charge in [0.15, 0.2) is 0 Å². The maximum atomic E-state index is 11.9. The molecule has 0 heterocycles. The minimum atomic E-state index is -4.50. The molecule has 5 nitrogen and oxygen atoms in total. The SMILES string of the molecule is Cc1cc(C=O)ccc1C(=O)NCC(=O)NCC(F)(F)F. The van der Waals surface area contributed by atoms with Crippen molar-refractivity contribution in [3.05, 3.63) is 34.9 Å². The van der Waals surface area contributed by atoms with Gasteiger partial charge in [-0.1, -0.05) is 6.07 Å². The van der Waals surface area contributed by atoms with Gasteiger partial charge < -0.3 is 10.6 Å². The molecule has 2 amide bonds. The molecule has 0 aromatic heterocycles. The molecule has 0 saturated heterocycles. The molecule has 21 heavy (non-hydrogen) atoms. The first-order valence-electron chi connectivity index (χ1n) is 5.90. The van der Waals surface area contributed by atoms with Crippen LogP contribution in [0.3, 0.4) is 0 Å². The van der Waals surface area contributed by atoms with E-state index in [1.54, 1.807) is 12.2 Å². The van der Waals surface area contributed by atoms with Crippen molar-refractivity contribution in [3.63, 3.8) is 0 Å². The van der Waals surface area contributed by atoms with Gasteiger partial charge in [-0.2, -0.15) is 13.2 Å². The zero-order valence-electron chi connectivity index (χ0n) is 11.1. The summed E-state index contributed by atoms with van der Waals surface area (Å²) in [5, 5.41) is 3.84. The highest BCUT2D eigenvalue weighted by Gasteiger charge is 2.27. The third-order valence-electron chi connectivity index (χ3n) is 2.53. The van der Waals surface area contributed by atoms with E-state index in [2.05, 4.69) is 5.32 Å². The number of amides is 2. The number of nitrogens with one attached hydrogen (secondary N) is 2. The van der Waals surface area contributed by atoms with Crippen molar-refractivity contribution in [2.24, 2.45) is 0 Å². The molecule has 0 fully saturated rings. The Morgan fingerprint density at radius 2 is 1.90 bits per heavy atom. The first-order valence-corrected chi connectivity index (χ1v) is 5.90. The fourth-order valence-corrected chi connectivity index (χ4v) is 1.53. The molecule has 8 heteroatoms. The molecule has 0 bridgehead atoms. The number of aryl methyl sites for hydroxylation is 1. The predicted molar refractivity (Wildman–Crippen MR) is 68.0 cm³/mol. The molecule has 1 aromatic carbocycles. The smallest absolute Gasteiger partial charge is 0.345 e. The number of carbonyl (C=O) groups excluding carboxylic acids is 3. The Bertz CT molecular complexity index is 556. The normalized spacial score (nSPS) is 10.9. The Balaban J connectivity index is 2.54. The van der Waals surface area contributed by atoms with Crippen LogP contribution in [0.5, 0.6) is 0 Å². The number of carbonyl (C=O) groups is 3. The number of benzene rings is 1. The summed E-state index contributed by atoms with van der Waals surface area (Å²) < 4.78 is 35.6. The van der Waals surface area contributed by atoms with Crippen LogP contribution in [-0.2, 0) is 4.79 Å². The Kier molecular flexibility index (Phi) is 5.45. The van der Waals surface area contributed by atoms with E-state index in [9.17, 15) is 27.6 Å². The van der Waals surface area contributed by atoms with Gasteiger partial charge in [0.1, 0.15) is 12.8 Å². The van der Waals surface area contributed by atoms with Crippen molar-refractivity contribution < 1.29 is 27.6 Å². The molecule has 0 saturated carbocycles. The van der Waals surface area contributed by atoms with Crippen molar-refractivity contribution in [1.82, 2.24) is 10.6 Å². The lowest BCUT2D eigenvalue weighted by Crippen LogP contribution is -2.41. The van der Waals surface area contributed by atoms with Crippen LogP contribution in [0.25, 0.3) is 0 Å². The summed E-state index contributed by atoms with van der Waals surface area (Å²) in [7, 11) is 0. The van der Waals surface area contributed by atoms with Crippen LogP contribution < -0.4 is 10.6 Å². The molecule has 0 unspecified atom stereocenters. The molecule has 1 rings (SSSR count). The summed E-state index contributed by atoms with van der Waals surface area (Å²) in [5.41, 5.74) is 1.16.